The molecule has 3 rings (SSSR count). The minimum atomic E-state index is -0.286. The summed E-state index contributed by atoms with van der Waals surface area (Å²) in [5, 5.41) is 6.21. The Balaban J connectivity index is 0.00000225. The van der Waals surface area contributed by atoms with Gasteiger partial charge in [-0.25, -0.2) is 0 Å². The molecule has 2 bridgehead atoms. The molecule has 2 fully saturated rings. The zero-order valence-corrected chi connectivity index (χ0v) is 15.3. The third-order valence-corrected chi connectivity index (χ3v) is 4.94. The minimum Gasteiger partial charge on any atom is -0.484 e. The summed E-state index contributed by atoms with van der Waals surface area (Å²) in [4.78, 5) is 25.9. The van der Waals surface area contributed by atoms with Crippen LogP contribution in [-0.2, 0) is 9.59 Å². The summed E-state index contributed by atoms with van der Waals surface area (Å²) in [6.45, 7) is -0.0642. The highest BCUT2D eigenvalue weighted by atomic mass is 35.5. The molecular weight excluding hydrogens is 342 g/mol. The Morgan fingerprint density at radius 1 is 1.20 bits per heavy atom. The van der Waals surface area contributed by atoms with Crippen LogP contribution in [0.3, 0.4) is 0 Å². The first kappa shape index (κ1) is 19.5. The SMILES string of the molecule is CN(C(=O)CNC(=O)COc1ccccc1)C1CC2CCC(C1)N2.Cl. The lowest BCUT2D eigenvalue weighted by atomic mass is 9.98. The number of para-hydroxylation sites is 1. The number of hydrogen-bond donors (Lipinski definition) is 2. The van der Waals surface area contributed by atoms with Crippen molar-refractivity contribution in [3.63, 3.8) is 0 Å². The van der Waals surface area contributed by atoms with Crippen LogP contribution in [0.5, 0.6) is 5.75 Å². The number of likely N-dealkylation sites (N-methyl/N-ethyl adjacent to an activating group) is 1. The fourth-order valence-electron chi connectivity index (χ4n) is 3.56. The molecule has 0 radical (unpaired) electrons. The number of benzene rings is 1. The van der Waals surface area contributed by atoms with Crippen LogP contribution in [0.25, 0.3) is 0 Å². The molecule has 138 valence electrons. The van der Waals surface area contributed by atoms with Gasteiger partial charge in [-0.15, -0.1) is 12.4 Å². The summed E-state index contributed by atoms with van der Waals surface area (Å²) in [7, 11) is 1.84. The van der Waals surface area contributed by atoms with E-state index in [1.807, 2.05) is 25.2 Å². The number of piperidine rings is 1. The van der Waals surface area contributed by atoms with Crippen molar-refractivity contribution >= 4 is 24.2 Å². The number of carbonyl (C=O) groups is 2. The molecule has 25 heavy (non-hydrogen) atoms. The maximum absolute atomic E-state index is 12.3. The number of nitrogens with one attached hydrogen (secondary N) is 2. The van der Waals surface area contributed by atoms with Crippen molar-refractivity contribution < 1.29 is 14.3 Å². The van der Waals surface area contributed by atoms with E-state index in [4.69, 9.17) is 4.74 Å². The van der Waals surface area contributed by atoms with Crippen molar-refractivity contribution in [3.05, 3.63) is 30.3 Å². The van der Waals surface area contributed by atoms with E-state index in [2.05, 4.69) is 10.6 Å². The first-order valence-corrected chi connectivity index (χ1v) is 8.58. The first-order valence-electron chi connectivity index (χ1n) is 8.58. The molecule has 2 unspecified atom stereocenters. The minimum absolute atomic E-state index is 0. The summed E-state index contributed by atoms with van der Waals surface area (Å²) in [6, 6.07) is 10.5. The van der Waals surface area contributed by atoms with Gasteiger partial charge in [0.25, 0.3) is 5.91 Å². The van der Waals surface area contributed by atoms with Crippen LogP contribution in [-0.4, -0.2) is 55.0 Å². The van der Waals surface area contributed by atoms with E-state index in [1.54, 1.807) is 17.0 Å². The summed E-state index contributed by atoms with van der Waals surface area (Å²) in [6.07, 6.45) is 4.42. The van der Waals surface area contributed by atoms with Crippen LogP contribution >= 0.6 is 12.4 Å². The van der Waals surface area contributed by atoms with E-state index in [1.165, 1.54) is 12.8 Å². The van der Waals surface area contributed by atoms with Gasteiger partial charge in [-0.2, -0.15) is 0 Å². The van der Waals surface area contributed by atoms with E-state index in [9.17, 15) is 9.59 Å². The molecule has 2 saturated heterocycles. The Morgan fingerprint density at radius 3 is 2.48 bits per heavy atom. The lowest BCUT2D eigenvalue weighted by Gasteiger charge is -2.35. The fourth-order valence-corrected chi connectivity index (χ4v) is 3.56. The van der Waals surface area contributed by atoms with Crippen molar-refractivity contribution in [1.29, 1.82) is 0 Å². The molecule has 0 aliphatic carbocycles. The van der Waals surface area contributed by atoms with E-state index < -0.39 is 0 Å². The largest absolute Gasteiger partial charge is 0.484 e. The molecular formula is C18H26ClN3O3. The number of nitrogens with zero attached hydrogens (tertiary/aromatic N) is 1. The highest BCUT2D eigenvalue weighted by molar-refractivity contribution is 5.85. The number of ether oxygens (including phenoxy) is 1. The van der Waals surface area contributed by atoms with Crippen molar-refractivity contribution in [2.75, 3.05) is 20.2 Å². The molecule has 6 nitrogen and oxygen atoms in total. The third-order valence-electron chi connectivity index (χ3n) is 4.94. The second kappa shape index (κ2) is 9.06. The van der Waals surface area contributed by atoms with E-state index >= 15 is 0 Å². The number of amides is 2. The quantitative estimate of drug-likeness (QED) is 0.796. The highest BCUT2D eigenvalue weighted by Gasteiger charge is 2.36. The number of carbonyl (C=O) groups excluding carboxylic acids is 2. The topological polar surface area (TPSA) is 70.7 Å². The second-order valence-corrected chi connectivity index (χ2v) is 6.65. The van der Waals surface area contributed by atoms with E-state index in [0.29, 0.717) is 17.8 Å². The average Bonchev–Trinajstić information content (AvgIpc) is 2.95. The summed E-state index contributed by atoms with van der Waals surface area (Å²) < 4.78 is 5.37. The van der Waals surface area contributed by atoms with Crippen molar-refractivity contribution in [2.45, 2.75) is 43.8 Å². The van der Waals surface area contributed by atoms with Gasteiger partial charge in [-0.1, -0.05) is 18.2 Å². The maximum Gasteiger partial charge on any atom is 0.258 e. The van der Waals surface area contributed by atoms with Crippen molar-refractivity contribution in [1.82, 2.24) is 15.5 Å². The Kier molecular flexibility index (Phi) is 7.08. The monoisotopic (exact) mass is 367 g/mol. The van der Waals surface area contributed by atoms with Gasteiger partial charge in [0, 0.05) is 25.2 Å². The molecule has 0 aromatic heterocycles. The van der Waals surface area contributed by atoms with Crippen LogP contribution in [0.2, 0.25) is 0 Å². The Labute approximate surface area is 154 Å². The fraction of sp³-hybridized carbons (Fsp3) is 0.556. The predicted octanol–water partition coefficient (Wildman–Crippen LogP) is 1.34. The third kappa shape index (κ3) is 5.34. The molecule has 0 spiro atoms. The Morgan fingerprint density at radius 2 is 1.84 bits per heavy atom. The normalized spacial score (nSPS) is 24.1. The van der Waals surface area contributed by atoms with Gasteiger partial charge < -0.3 is 20.3 Å². The molecule has 7 heteroatoms. The van der Waals surface area contributed by atoms with E-state index in [-0.39, 0.29) is 43.4 Å². The zero-order valence-electron chi connectivity index (χ0n) is 14.4. The lowest BCUT2D eigenvalue weighted by Crippen LogP contribution is -2.51. The molecule has 2 aliphatic rings. The van der Waals surface area contributed by atoms with Crippen molar-refractivity contribution in [3.8, 4) is 5.75 Å². The first-order chi connectivity index (χ1) is 11.6. The molecule has 2 amide bonds. The molecule has 1 aromatic rings. The average molecular weight is 368 g/mol. The number of halogens is 1. The smallest absolute Gasteiger partial charge is 0.258 e. The molecule has 2 N–H and O–H groups in total. The van der Waals surface area contributed by atoms with Gasteiger partial charge in [0.2, 0.25) is 5.91 Å². The molecule has 2 heterocycles. The predicted molar refractivity (Wildman–Crippen MR) is 97.9 cm³/mol. The zero-order chi connectivity index (χ0) is 16.9. The van der Waals surface area contributed by atoms with Crippen LogP contribution in [0.15, 0.2) is 30.3 Å². The number of rotatable bonds is 6. The summed E-state index contributed by atoms with van der Waals surface area (Å²) >= 11 is 0. The van der Waals surface area contributed by atoms with Crippen LogP contribution in [0, 0.1) is 0 Å². The van der Waals surface area contributed by atoms with Crippen LogP contribution < -0.4 is 15.4 Å². The number of fused-ring (bicyclic) bond motifs is 2. The molecule has 0 saturated carbocycles. The lowest BCUT2D eigenvalue weighted by molar-refractivity contribution is -0.134. The van der Waals surface area contributed by atoms with Crippen molar-refractivity contribution in [2.24, 2.45) is 0 Å². The van der Waals surface area contributed by atoms with Gasteiger partial charge >= 0.3 is 0 Å². The molecule has 2 atom stereocenters. The van der Waals surface area contributed by atoms with Gasteiger partial charge in [0.1, 0.15) is 5.75 Å². The van der Waals surface area contributed by atoms with Gasteiger partial charge in [-0.05, 0) is 37.8 Å². The standard InChI is InChI=1S/C18H25N3O3.ClH/c1-21(15-9-13-7-8-14(10-15)20-13)18(23)11-19-17(22)12-24-16-5-3-2-4-6-16;/h2-6,13-15,20H,7-12H2,1H3,(H,19,22);1H. The van der Waals surface area contributed by atoms with E-state index in [0.717, 1.165) is 12.8 Å². The Bertz CT molecular complexity index is 572. The molecule has 1 aromatic carbocycles. The van der Waals surface area contributed by atoms with Crippen LogP contribution in [0.1, 0.15) is 25.7 Å². The maximum atomic E-state index is 12.3. The second-order valence-electron chi connectivity index (χ2n) is 6.65. The Hall–Kier alpha value is -1.79. The van der Waals surface area contributed by atoms with Crippen LogP contribution in [0.4, 0.5) is 0 Å². The van der Waals surface area contributed by atoms with Gasteiger partial charge in [-0.3, -0.25) is 9.59 Å². The molecule has 2 aliphatic heterocycles. The summed E-state index contributed by atoms with van der Waals surface area (Å²) in [5.74, 6) is 0.307. The summed E-state index contributed by atoms with van der Waals surface area (Å²) in [5.41, 5.74) is 0. The number of hydrogen-bond acceptors (Lipinski definition) is 4. The van der Waals surface area contributed by atoms with Gasteiger partial charge in [0.15, 0.2) is 6.61 Å². The van der Waals surface area contributed by atoms with Gasteiger partial charge in [0.05, 0.1) is 6.54 Å². The highest BCUT2D eigenvalue weighted by Crippen LogP contribution is 2.29.